The Morgan fingerprint density at radius 2 is 2.44 bits per heavy atom. The van der Waals surface area contributed by atoms with E-state index >= 15 is 0 Å². The molecule has 1 rings (SSSR count). The van der Waals surface area contributed by atoms with Crippen LogP contribution in [0.25, 0.3) is 0 Å². The second kappa shape index (κ2) is 3.30. The van der Waals surface area contributed by atoms with Gasteiger partial charge in [0.1, 0.15) is 0 Å². The molecule has 0 aliphatic carbocycles. The van der Waals surface area contributed by atoms with Crippen molar-refractivity contribution in [2.24, 2.45) is 5.73 Å². The molecule has 1 aromatic rings. The van der Waals surface area contributed by atoms with Gasteiger partial charge in [0.05, 0.1) is 12.5 Å². The highest BCUT2D eigenvalue weighted by molar-refractivity contribution is 5.04. The van der Waals surface area contributed by atoms with E-state index in [-0.39, 0.29) is 0 Å². The molecule has 0 radical (unpaired) electrons. The van der Waals surface area contributed by atoms with E-state index in [0.29, 0.717) is 0 Å². The van der Waals surface area contributed by atoms with Crippen LogP contribution < -0.4 is 5.73 Å². The summed E-state index contributed by atoms with van der Waals surface area (Å²) in [6.07, 6.45) is 5.52. The molecule has 0 bridgehead atoms. The number of furan rings is 1. The lowest BCUT2D eigenvalue weighted by Gasteiger charge is -1.89. The topological polar surface area (TPSA) is 39.2 Å². The number of hydrogen-bond donors (Lipinski definition) is 1. The first-order valence-corrected chi connectivity index (χ1v) is 3.14. The van der Waals surface area contributed by atoms with Crippen molar-refractivity contribution >= 4 is 0 Å². The molecule has 0 saturated heterocycles. The molecule has 0 saturated carbocycles. The van der Waals surface area contributed by atoms with E-state index in [9.17, 15) is 0 Å². The Morgan fingerprint density at radius 1 is 1.56 bits per heavy atom. The standard InChI is InChI=1S/C7H11NO/c8-4-1-2-7-3-5-9-6-7/h3,5-6H,1-2,4,8H2. The summed E-state index contributed by atoms with van der Waals surface area (Å²) in [4.78, 5) is 0. The van der Waals surface area contributed by atoms with Crippen LogP contribution >= 0.6 is 0 Å². The Labute approximate surface area is 54.7 Å². The second-order valence-electron chi connectivity index (χ2n) is 2.02. The Kier molecular flexibility index (Phi) is 2.33. The van der Waals surface area contributed by atoms with Gasteiger partial charge in [-0.2, -0.15) is 0 Å². The zero-order valence-corrected chi connectivity index (χ0v) is 5.34. The lowest BCUT2D eigenvalue weighted by molar-refractivity contribution is 0.563. The summed E-state index contributed by atoms with van der Waals surface area (Å²) in [5.74, 6) is 0. The predicted octanol–water partition coefficient (Wildman–Crippen LogP) is 1.17. The monoisotopic (exact) mass is 125 g/mol. The molecular weight excluding hydrogens is 114 g/mol. The van der Waals surface area contributed by atoms with Crippen LogP contribution in [0.15, 0.2) is 23.0 Å². The first-order valence-electron chi connectivity index (χ1n) is 3.14. The maximum atomic E-state index is 5.31. The Hall–Kier alpha value is -0.760. The highest BCUT2D eigenvalue weighted by atomic mass is 16.3. The smallest absolute Gasteiger partial charge is 0.0934 e. The van der Waals surface area contributed by atoms with E-state index in [0.717, 1.165) is 19.4 Å². The van der Waals surface area contributed by atoms with E-state index in [1.54, 1.807) is 12.5 Å². The fraction of sp³-hybridized carbons (Fsp3) is 0.429. The molecule has 0 aromatic carbocycles. The summed E-state index contributed by atoms with van der Waals surface area (Å²) in [7, 11) is 0. The van der Waals surface area contributed by atoms with Crippen LogP contribution in [0.5, 0.6) is 0 Å². The summed E-state index contributed by atoms with van der Waals surface area (Å²) in [6, 6.07) is 1.97. The van der Waals surface area contributed by atoms with E-state index in [1.165, 1.54) is 5.56 Å². The molecule has 0 amide bonds. The minimum absolute atomic E-state index is 0.755. The molecule has 1 aromatic heterocycles. The van der Waals surface area contributed by atoms with Crippen molar-refractivity contribution < 1.29 is 4.42 Å². The van der Waals surface area contributed by atoms with Crippen LogP contribution in [0, 0.1) is 0 Å². The van der Waals surface area contributed by atoms with E-state index in [1.807, 2.05) is 6.07 Å². The number of hydrogen-bond acceptors (Lipinski definition) is 2. The average Bonchev–Trinajstić information content (AvgIpc) is 2.34. The zero-order chi connectivity index (χ0) is 6.53. The van der Waals surface area contributed by atoms with Crippen LogP contribution in [0.1, 0.15) is 12.0 Å². The van der Waals surface area contributed by atoms with Crippen LogP contribution in [-0.4, -0.2) is 6.54 Å². The molecule has 0 aliphatic heterocycles. The molecule has 1 heterocycles. The normalized spacial score (nSPS) is 9.89. The van der Waals surface area contributed by atoms with Crippen molar-refractivity contribution in [2.45, 2.75) is 12.8 Å². The van der Waals surface area contributed by atoms with Gasteiger partial charge in [-0.25, -0.2) is 0 Å². The molecular formula is C7H11NO. The van der Waals surface area contributed by atoms with Gasteiger partial charge in [0.15, 0.2) is 0 Å². The third kappa shape index (κ3) is 1.90. The number of aryl methyl sites for hydroxylation is 1. The highest BCUT2D eigenvalue weighted by Crippen LogP contribution is 2.01. The molecule has 2 heteroatoms. The van der Waals surface area contributed by atoms with Gasteiger partial charge in [-0.15, -0.1) is 0 Å². The summed E-state index contributed by atoms with van der Waals surface area (Å²) < 4.78 is 4.87. The first kappa shape index (κ1) is 6.36. The molecule has 0 spiro atoms. The molecule has 2 nitrogen and oxygen atoms in total. The van der Waals surface area contributed by atoms with Gasteiger partial charge in [-0.1, -0.05) is 0 Å². The van der Waals surface area contributed by atoms with Crippen LogP contribution in [0.3, 0.4) is 0 Å². The number of rotatable bonds is 3. The second-order valence-corrected chi connectivity index (χ2v) is 2.02. The predicted molar refractivity (Wildman–Crippen MR) is 36.1 cm³/mol. The molecule has 9 heavy (non-hydrogen) atoms. The molecule has 0 aliphatic rings. The van der Waals surface area contributed by atoms with Crippen molar-refractivity contribution in [3.63, 3.8) is 0 Å². The average molecular weight is 125 g/mol. The summed E-state index contributed by atoms with van der Waals surface area (Å²) in [6.45, 7) is 0.755. The largest absolute Gasteiger partial charge is 0.472 e. The third-order valence-corrected chi connectivity index (χ3v) is 1.25. The Bertz CT molecular complexity index is 146. The maximum Gasteiger partial charge on any atom is 0.0934 e. The van der Waals surface area contributed by atoms with Crippen LogP contribution in [0.4, 0.5) is 0 Å². The van der Waals surface area contributed by atoms with Gasteiger partial charge in [0.2, 0.25) is 0 Å². The zero-order valence-electron chi connectivity index (χ0n) is 5.34. The van der Waals surface area contributed by atoms with Crippen molar-refractivity contribution in [3.8, 4) is 0 Å². The van der Waals surface area contributed by atoms with Crippen molar-refractivity contribution in [3.05, 3.63) is 24.2 Å². The van der Waals surface area contributed by atoms with Gasteiger partial charge in [-0.3, -0.25) is 0 Å². The lowest BCUT2D eigenvalue weighted by atomic mass is 10.2. The molecule has 50 valence electrons. The van der Waals surface area contributed by atoms with Gasteiger partial charge in [0, 0.05) is 0 Å². The quantitative estimate of drug-likeness (QED) is 0.658. The third-order valence-electron chi connectivity index (χ3n) is 1.25. The Morgan fingerprint density at radius 3 is 3.00 bits per heavy atom. The SMILES string of the molecule is NCCCc1ccoc1. The van der Waals surface area contributed by atoms with E-state index in [4.69, 9.17) is 10.2 Å². The van der Waals surface area contributed by atoms with Crippen molar-refractivity contribution in [1.82, 2.24) is 0 Å². The molecule has 2 N–H and O–H groups in total. The van der Waals surface area contributed by atoms with Crippen LogP contribution in [-0.2, 0) is 6.42 Å². The fourth-order valence-corrected chi connectivity index (χ4v) is 0.741. The lowest BCUT2D eigenvalue weighted by Crippen LogP contribution is -1.99. The van der Waals surface area contributed by atoms with Gasteiger partial charge in [-0.05, 0) is 31.0 Å². The fourth-order valence-electron chi connectivity index (χ4n) is 0.741. The van der Waals surface area contributed by atoms with Gasteiger partial charge in [0.25, 0.3) is 0 Å². The summed E-state index contributed by atoms with van der Waals surface area (Å²) >= 11 is 0. The van der Waals surface area contributed by atoms with Gasteiger partial charge < -0.3 is 10.2 Å². The molecule has 0 unspecified atom stereocenters. The van der Waals surface area contributed by atoms with E-state index < -0.39 is 0 Å². The molecule has 0 fully saturated rings. The highest BCUT2D eigenvalue weighted by Gasteiger charge is 1.90. The maximum absolute atomic E-state index is 5.31. The van der Waals surface area contributed by atoms with Crippen molar-refractivity contribution in [1.29, 1.82) is 0 Å². The minimum Gasteiger partial charge on any atom is -0.472 e. The van der Waals surface area contributed by atoms with Crippen molar-refractivity contribution in [2.75, 3.05) is 6.54 Å². The first-order chi connectivity index (χ1) is 4.43. The van der Waals surface area contributed by atoms with E-state index in [2.05, 4.69) is 0 Å². The number of nitrogens with two attached hydrogens (primary N) is 1. The van der Waals surface area contributed by atoms with Crippen LogP contribution in [0.2, 0.25) is 0 Å². The summed E-state index contributed by atoms with van der Waals surface area (Å²) in [5, 5.41) is 0. The minimum atomic E-state index is 0.755. The van der Waals surface area contributed by atoms with Gasteiger partial charge >= 0.3 is 0 Å². The Balaban J connectivity index is 2.30. The summed E-state index contributed by atoms with van der Waals surface area (Å²) in [5.41, 5.74) is 6.55. The molecule has 0 atom stereocenters.